The highest BCUT2D eigenvalue weighted by Gasteiger charge is 2.21. The molecule has 53 heavy (non-hydrogen) atoms. The molecule has 0 spiro atoms. The van der Waals surface area contributed by atoms with Gasteiger partial charge in [0.15, 0.2) is 0 Å². The molecule has 10 aromatic carbocycles. The van der Waals surface area contributed by atoms with Crippen LogP contribution in [0.4, 0.5) is 0 Å². The zero-order valence-electron chi connectivity index (χ0n) is 28.9. The number of furan rings is 1. The van der Waals surface area contributed by atoms with E-state index in [0.717, 1.165) is 27.3 Å². The third-order valence-electron chi connectivity index (χ3n) is 11.0. The molecule has 0 fully saturated rings. The number of benzene rings is 10. The minimum absolute atomic E-state index is 0.914. The summed E-state index contributed by atoms with van der Waals surface area (Å²) in [7, 11) is 0. The Labute approximate surface area is 307 Å². The lowest BCUT2D eigenvalue weighted by molar-refractivity contribution is 0.673. The first-order chi connectivity index (χ1) is 26.3. The highest BCUT2D eigenvalue weighted by atomic mass is 16.3. The molecule has 0 unspecified atom stereocenters. The summed E-state index contributed by atoms with van der Waals surface area (Å²) in [4.78, 5) is 0. The topological polar surface area (TPSA) is 13.1 Å². The first kappa shape index (κ1) is 29.7. The maximum Gasteiger partial charge on any atom is 0.143 e. The molecule has 0 N–H and O–H groups in total. The van der Waals surface area contributed by atoms with Gasteiger partial charge in [-0.3, -0.25) is 0 Å². The lowest BCUT2D eigenvalue weighted by Gasteiger charge is -2.20. The smallest absolute Gasteiger partial charge is 0.143 e. The van der Waals surface area contributed by atoms with Crippen molar-refractivity contribution in [2.24, 2.45) is 0 Å². The summed E-state index contributed by atoms with van der Waals surface area (Å²) in [5.41, 5.74) is 11.7. The average Bonchev–Trinajstić information content (AvgIpc) is 3.61. The predicted octanol–water partition coefficient (Wildman–Crippen LogP) is 14.9. The van der Waals surface area contributed by atoms with Crippen LogP contribution in [0.25, 0.3) is 110 Å². The molecular weight excluding hydrogens is 641 g/mol. The van der Waals surface area contributed by atoms with Crippen LogP contribution in [-0.4, -0.2) is 0 Å². The first-order valence-electron chi connectivity index (χ1n) is 18.3. The molecule has 0 bridgehead atoms. The SMILES string of the molecule is c1ccc(-c2ccccc2-c2c3ccccc3c(-c3ccc(-c4c5ccccc5cc5oc6c7ccccc7ccc6c45)cc3)c3ccccc23)cc1. The van der Waals surface area contributed by atoms with Gasteiger partial charge in [0.1, 0.15) is 11.2 Å². The molecule has 0 amide bonds. The molecule has 246 valence electrons. The van der Waals surface area contributed by atoms with Crippen molar-refractivity contribution < 1.29 is 4.42 Å². The van der Waals surface area contributed by atoms with E-state index in [1.54, 1.807) is 0 Å². The summed E-state index contributed by atoms with van der Waals surface area (Å²) in [6.45, 7) is 0. The van der Waals surface area contributed by atoms with Crippen molar-refractivity contribution in [2.75, 3.05) is 0 Å². The summed E-state index contributed by atoms with van der Waals surface area (Å²) in [6.07, 6.45) is 0. The third-order valence-corrected chi connectivity index (χ3v) is 11.0. The Morgan fingerprint density at radius 3 is 1.47 bits per heavy atom. The Kier molecular flexibility index (Phi) is 6.62. The minimum atomic E-state index is 0.914. The van der Waals surface area contributed by atoms with Crippen LogP contribution < -0.4 is 0 Å². The molecule has 0 saturated carbocycles. The van der Waals surface area contributed by atoms with Crippen LogP contribution in [0.15, 0.2) is 199 Å². The minimum Gasteiger partial charge on any atom is -0.455 e. The van der Waals surface area contributed by atoms with E-state index in [0.29, 0.717) is 0 Å². The van der Waals surface area contributed by atoms with Gasteiger partial charge in [-0.25, -0.2) is 0 Å². The van der Waals surface area contributed by atoms with Crippen molar-refractivity contribution in [3.8, 4) is 44.5 Å². The molecule has 1 heteroatoms. The number of hydrogen-bond acceptors (Lipinski definition) is 1. The number of rotatable bonds is 4. The molecule has 0 saturated heterocycles. The van der Waals surface area contributed by atoms with Crippen molar-refractivity contribution >= 4 is 65.0 Å². The van der Waals surface area contributed by atoms with Crippen molar-refractivity contribution in [2.45, 2.75) is 0 Å². The Bertz CT molecular complexity index is 3150. The summed E-state index contributed by atoms with van der Waals surface area (Å²) in [5, 5.41) is 12.0. The van der Waals surface area contributed by atoms with Crippen molar-refractivity contribution in [3.63, 3.8) is 0 Å². The molecule has 1 nitrogen and oxygen atoms in total. The highest BCUT2D eigenvalue weighted by molar-refractivity contribution is 6.25. The van der Waals surface area contributed by atoms with Crippen LogP contribution in [0.1, 0.15) is 0 Å². The maximum atomic E-state index is 6.71. The predicted molar refractivity (Wildman–Crippen MR) is 225 cm³/mol. The molecule has 11 rings (SSSR count). The van der Waals surface area contributed by atoms with Crippen molar-refractivity contribution in [3.05, 3.63) is 194 Å². The van der Waals surface area contributed by atoms with E-state index < -0.39 is 0 Å². The fourth-order valence-electron chi connectivity index (χ4n) is 8.73. The van der Waals surface area contributed by atoms with E-state index >= 15 is 0 Å². The van der Waals surface area contributed by atoms with Gasteiger partial charge in [0.05, 0.1) is 0 Å². The van der Waals surface area contributed by atoms with E-state index in [-0.39, 0.29) is 0 Å². The second-order valence-electron chi connectivity index (χ2n) is 13.9. The molecule has 1 aromatic heterocycles. The zero-order chi connectivity index (χ0) is 34.9. The Morgan fingerprint density at radius 2 is 0.792 bits per heavy atom. The van der Waals surface area contributed by atoms with Crippen LogP contribution in [0, 0.1) is 0 Å². The molecular formula is C52H32O. The van der Waals surface area contributed by atoms with Gasteiger partial charge in [-0.15, -0.1) is 0 Å². The molecule has 0 aliphatic heterocycles. The molecule has 11 aromatic rings. The number of fused-ring (bicyclic) bond motifs is 8. The van der Waals surface area contributed by atoms with Gasteiger partial charge in [0.2, 0.25) is 0 Å². The van der Waals surface area contributed by atoms with Crippen molar-refractivity contribution in [1.29, 1.82) is 0 Å². The van der Waals surface area contributed by atoms with E-state index in [2.05, 4.69) is 194 Å². The van der Waals surface area contributed by atoms with Gasteiger partial charge in [-0.05, 0) is 88.8 Å². The lowest BCUT2D eigenvalue weighted by atomic mass is 9.83. The van der Waals surface area contributed by atoms with Gasteiger partial charge in [0, 0.05) is 21.7 Å². The Hall–Kier alpha value is -6.96. The van der Waals surface area contributed by atoms with Crippen LogP contribution >= 0.6 is 0 Å². The van der Waals surface area contributed by atoms with E-state index in [1.165, 1.54) is 82.2 Å². The van der Waals surface area contributed by atoms with Gasteiger partial charge >= 0.3 is 0 Å². The summed E-state index contributed by atoms with van der Waals surface area (Å²) >= 11 is 0. The van der Waals surface area contributed by atoms with Crippen LogP contribution in [0.2, 0.25) is 0 Å². The van der Waals surface area contributed by atoms with Crippen LogP contribution in [-0.2, 0) is 0 Å². The van der Waals surface area contributed by atoms with Gasteiger partial charge < -0.3 is 4.42 Å². The molecule has 0 aliphatic rings. The highest BCUT2D eigenvalue weighted by Crippen LogP contribution is 2.47. The van der Waals surface area contributed by atoms with E-state index in [4.69, 9.17) is 4.42 Å². The van der Waals surface area contributed by atoms with Crippen molar-refractivity contribution in [1.82, 2.24) is 0 Å². The normalized spacial score (nSPS) is 11.8. The van der Waals surface area contributed by atoms with Gasteiger partial charge in [0.25, 0.3) is 0 Å². The standard InChI is InChI=1S/C52H32O/c1-2-14-33(15-3-1)38-18-8-9-21-41(38)50-44-24-12-10-22-42(44)48(43-23-11-13-25-45(43)50)35-26-28-36(29-27-35)49-39-19-6-5-17-37(39)32-47-51(49)46-31-30-34-16-4-7-20-40(34)52(46)53-47/h1-32H. The lowest BCUT2D eigenvalue weighted by Crippen LogP contribution is -1.92. The molecule has 0 radical (unpaired) electrons. The third kappa shape index (κ3) is 4.58. The van der Waals surface area contributed by atoms with Gasteiger partial charge in [-0.1, -0.05) is 182 Å². The molecule has 0 aliphatic carbocycles. The maximum absolute atomic E-state index is 6.71. The Morgan fingerprint density at radius 1 is 0.283 bits per heavy atom. The fourth-order valence-corrected chi connectivity index (χ4v) is 8.73. The summed E-state index contributed by atoms with van der Waals surface area (Å²) in [6, 6.07) is 70.4. The second kappa shape index (κ2) is 11.8. The number of hydrogen-bond donors (Lipinski definition) is 0. The summed E-state index contributed by atoms with van der Waals surface area (Å²) in [5.74, 6) is 0. The zero-order valence-corrected chi connectivity index (χ0v) is 28.9. The van der Waals surface area contributed by atoms with Gasteiger partial charge in [-0.2, -0.15) is 0 Å². The van der Waals surface area contributed by atoms with Crippen LogP contribution in [0.5, 0.6) is 0 Å². The summed E-state index contributed by atoms with van der Waals surface area (Å²) < 4.78 is 6.71. The fraction of sp³-hybridized carbons (Fsp3) is 0. The molecule has 0 atom stereocenters. The average molecular weight is 673 g/mol. The largest absolute Gasteiger partial charge is 0.455 e. The van der Waals surface area contributed by atoms with Crippen LogP contribution in [0.3, 0.4) is 0 Å². The van der Waals surface area contributed by atoms with E-state index in [1.807, 2.05) is 0 Å². The quantitative estimate of drug-likeness (QED) is 0.170. The van der Waals surface area contributed by atoms with E-state index in [9.17, 15) is 0 Å². The molecule has 1 heterocycles. The Balaban J connectivity index is 1.15. The monoisotopic (exact) mass is 672 g/mol. The second-order valence-corrected chi connectivity index (χ2v) is 13.9. The first-order valence-corrected chi connectivity index (χ1v) is 18.3.